The van der Waals surface area contributed by atoms with Gasteiger partial charge in [-0.1, -0.05) is 0 Å². The lowest BCUT2D eigenvalue weighted by Gasteiger charge is -2.14. The molecular formula is C18H19N7O2S. The summed E-state index contributed by atoms with van der Waals surface area (Å²) in [6, 6.07) is 3.91. The number of ether oxygens (including phenoxy) is 2. The molecule has 9 nitrogen and oxygen atoms in total. The molecule has 4 aromatic heterocycles. The first kappa shape index (κ1) is 17.1. The second-order valence-corrected chi connectivity index (χ2v) is 7.51. The zero-order valence-corrected chi connectivity index (χ0v) is 16.3. The Kier molecular flexibility index (Phi) is 4.21. The number of aryl methyl sites for hydroxylation is 2. The first-order chi connectivity index (χ1) is 13.7. The molecule has 1 fully saturated rings. The Balaban J connectivity index is 1.59. The van der Waals surface area contributed by atoms with Crippen LogP contribution in [0.4, 0.5) is 10.9 Å². The van der Waals surface area contributed by atoms with Crippen LogP contribution >= 0.6 is 11.5 Å². The molecule has 0 aliphatic carbocycles. The van der Waals surface area contributed by atoms with Gasteiger partial charge in [0.05, 0.1) is 36.3 Å². The molecule has 1 saturated heterocycles. The molecule has 1 N–H and O–H groups in total. The Morgan fingerprint density at radius 2 is 2.29 bits per heavy atom. The lowest BCUT2D eigenvalue weighted by molar-refractivity contribution is 0.139. The highest BCUT2D eigenvalue weighted by Gasteiger charge is 2.22. The summed E-state index contributed by atoms with van der Waals surface area (Å²) in [5, 5.41) is 8.38. The van der Waals surface area contributed by atoms with Gasteiger partial charge in [0.2, 0.25) is 11.8 Å². The smallest absolute Gasteiger partial charge is 0.244 e. The van der Waals surface area contributed by atoms with Crippen LogP contribution in [-0.4, -0.2) is 48.0 Å². The van der Waals surface area contributed by atoms with Gasteiger partial charge in [0, 0.05) is 25.9 Å². The second kappa shape index (κ2) is 6.88. The summed E-state index contributed by atoms with van der Waals surface area (Å²) in [5.41, 5.74) is 3.48. The van der Waals surface area contributed by atoms with E-state index in [0.29, 0.717) is 25.0 Å². The lowest BCUT2D eigenvalue weighted by atomic mass is 10.3. The second-order valence-electron chi connectivity index (χ2n) is 6.71. The molecule has 5 rings (SSSR count). The number of nitrogens with zero attached hydrogens (tertiary/aromatic N) is 6. The molecule has 0 saturated carbocycles. The summed E-state index contributed by atoms with van der Waals surface area (Å²) in [7, 11) is 1.89. The molecule has 1 aliphatic rings. The van der Waals surface area contributed by atoms with Crippen molar-refractivity contribution < 1.29 is 9.47 Å². The molecular weight excluding hydrogens is 378 g/mol. The van der Waals surface area contributed by atoms with Gasteiger partial charge in [0.15, 0.2) is 0 Å². The van der Waals surface area contributed by atoms with Crippen molar-refractivity contribution in [1.29, 1.82) is 0 Å². The van der Waals surface area contributed by atoms with Crippen LogP contribution in [0.25, 0.3) is 16.7 Å². The third kappa shape index (κ3) is 3.20. The monoisotopic (exact) mass is 397 g/mol. The zero-order chi connectivity index (χ0) is 19.1. The van der Waals surface area contributed by atoms with Crippen LogP contribution in [0.1, 0.15) is 12.1 Å². The van der Waals surface area contributed by atoms with Gasteiger partial charge in [-0.3, -0.25) is 4.68 Å². The van der Waals surface area contributed by atoms with Gasteiger partial charge < -0.3 is 19.4 Å². The van der Waals surface area contributed by atoms with Crippen molar-refractivity contribution in [3.63, 3.8) is 0 Å². The third-order valence-electron chi connectivity index (χ3n) is 4.50. The van der Waals surface area contributed by atoms with Crippen LogP contribution in [-0.2, 0) is 11.8 Å². The Hall–Kier alpha value is -2.98. The Morgan fingerprint density at radius 1 is 1.36 bits per heavy atom. The fraction of sp³-hybridized carbons (Fsp3) is 0.333. The highest BCUT2D eigenvalue weighted by Crippen LogP contribution is 2.31. The average Bonchev–Trinajstić information content (AvgIpc) is 3.43. The summed E-state index contributed by atoms with van der Waals surface area (Å²) in [6.45, 7) is 3.22. The number of rotatable bonds is 5. The van der Waals surface area contributed by atoms with Crippen LogP contribution in [0.15, 0.2) is 30.7 Å². The molecule has 144 valence electrons. The normalized spacial score (nSPS) is 16.7. The van der Waals surface area contributed by atoms with E-state index in [1.54, 1.807) is 10.9 Å². The molecule has 1 aliphatic heterocycles. The lowest BCUT2D eigenvalue weighted by Crippen LogP contribution is -2.17. The Labute approximate surface area is 165 Å². The van der Waals surface area contributed by atoms with Crippen LogP contribution in [0.2, 0.25) is 0 Å². The highest BCUT2D eigenvalue weighted by molar-refractivity contribution is 7.10. The van der Waals surface area contributed by atoms with Crippen molar-refractivity contribution in [2.24, 2.45) is 7.05 Å². The molecule has 0 unspecified atom stereocenters. The molecule has 0 radical (unpaired) electrons. The molecule has 1 atom stereocenters. The highest BCUT2D eigenvalue weighted by atomic mass is 32.1. The maximum Gasteiger partial charge on any atom is 0.244 e. The van der Waals surface area contributed by atoms with E-state index in [0.717, 1.165) is 33.8 Å². The van der Waals surface area contributed by atoms with Gasteiger partial charge in [-0.15, -0.1) is 0 Å². The summed E-state index contributed by atoms with van der Waals surface area (Å²) in [6.07, 6.45) is 6.52. The van der Waals surface area contributed by atoms with Crippen molar-refractivity contribution in [2.45, 2.75) is 19.4 Å². The van der Waals surface area contributed by atoms with Gasteiger partial charge >= 0.3 is 0 Å². The summed E-state index contributed by atoms with van der Waals surface area (Å²) >= 11 is 1.38. The summed E-state index contributed by atoms with van der Waals surface area (Å²) < 4.78 is 19.7. The van der Waals surface area contributed by atoms with E-state index in [4.69, 9.17) is 9.47 Å². The fourth-order valence-electron chi connectivity index (χ4n) is 3.20. The topological polar surface area (TPSA) is 91.9 Å². The van der Waals surface area contributed by atoms with Gasteiger partial charge in [-0.2, -0.15) is 14.5 Å². The largest absolute Gasteiger partial charge is 0.470 e. The molecule has 5 heterocycles. The minimum absolute atomic E-state index is 0.0196. The van der Waals surface area contributed by atoms with E-state index in [1.807, 2.05) is 43.1 Å². The van der Waals surface area contributed by atoms with Crippen molar-refractivity contribution in [3.8, 4) is 11.6 Å². The van der Waals surface area contributed by atoms with E-state index >= 15 is 0 Å². The number of nitrogens with one attached hydrogen (secondary N) is 1. The van der Waals surface area contributed by atoms with Crippen molar-refractivity contribution >= 4 is 33.5 Å². The Morgan fingerprint density at radius 3 is 3.00 bits per heavy atom. The molecule has 0 spiro atoms. The first-order valence-electron chi connectivity index (χ1n) is 8.98. The van der Waals surface area contributed by atoms with Crippen molar-refractivity contribution in [3.05, 3.63) is 36.4 Å². The molecule has 10 heteroatoms. The number of aromatic nitrogens is 6. The van der Waals surface area contributed by atoms with Crippen LogP contribution in [0.3, 0.4) is 0 Å². The van der Waals surface area contributed by atoms with Gasteiger partial charge in [-0.05, 0) is 30.6 Å². The van der Waals surface area contributed by atoms with E-state index in [-0.39, 0.29) is 6.10 Å². The SMILES string of the molecule is Cc1cc(Nc2nc(O[C@H]3CCOC3)c3c(ccn3-c3cnn(C)c3)n2)sn1. The number of hydrogen-bond donors (Lipinski definition) is 1. The number of hydrogen-bond acceptors (Lipinski definition) is 8. The summed E-state index contributed by atoms with van der Waals surface area (Å²) in [5.74, 6) is 1.01. The average molecular weight is 397 g/mol. The minimum atomic E-state index is -0.0196. The Bertz CT molecular complexity index is 1130. The molecule has 0 aromatic carbocycles. The van der Waals surface area contributed by atoms with Crippen LogP contribution in [0.5, 0.6) is 5.88 Å². The van der Waals surface area contributed by atoms with Gasteiger partial charge in [0.1, 0.15) is 16.6 Å². The first-order valence-corrected chi connectivity index (χ1v) is 9.76. The van der Waals surface area contributed by atoms with Crippen molar-refractivity contribution in [1.82, 2.24) is 28.7 Å². The maximum absolute atomic E-state index is 6.22. The number of fused-ring (bicyclic) bond motifs is 1. The molecule has 0 amide bonds. The van der Waals surface area contributed by atoms with E-state index in [1.165, 1.54) is 11.5 Å². The predicted molar refractivity (Wildman–Crippen MR) is 106 cm³/mol. The molecule has 28 heavy (non-hydrogen) atoms. The predicted octanol–water partition coefficient (Wildman–Crippen LogP) is 2.83. The zero-order valence-electron chi connectivity index (χ0n) is 15.5. The van der Waals surface area contributed by atoms with Crippen LogP contribution in [0, 0.1) is 6.92 Å². The standard InChI is InChI=1S/C18H19N7O2S/c1-11-7-15(28-23-11)21-18-20-14-3-5-25(12-8-19-24(2)9-12)16(14)17(22-18)27-13-4-6-26-10-13/h3,5,7-9,13H,4,6,10H2,1-2H3,(H,20,21,22)/t13-/m0/s1. The van der Waals surface area contributed by atoms with Gasteiger partial charge in [-0.25, -0.2) is 4.98 Å². The third-order valence-corrected chi connectivity index (χ3v) is 5.30. The van der Waals surface area contributed by atoms with E-state index in [9.17, 15) is 0 Å². The molecule has 4 aromatic rings. The quantitative estimate of drug-likeness (QED) is 0.554. The summed E-state index contributed by atoms with van der Waals surface area (Å²) in [4.78, 5) is 9.33. The van der Waals surface area contributed by atoms with E-state index < -0.39 is 0 Å². The minimum Gasteiger partial charge on any atom is -0.470 e. The fourth-order valence-corrected chi connectivity index (χ4v) is 3.85. The molecule has 0 bridgehead atoms. The van der Waals surface area contributed by atoms with Crippen molar-refractivity contribution in [2.75, 3.05) is 18.5 Å². The van der Waals surface area contributed by atoms with Crippen LogP contribution < -0.4 is 10.1 Å². The number of anilines is 2. The van der Waals surface area contributed by atoms with E-state index in [2.05, 4.69) is 24.8 Å². The maximum atomic E-state index is 6.22. The van der Waals surface area contributed by atoms with Gasteiger partial charge in [0.25, 0.3) is 0 Å².